The Morgan fingerprint density at radius 2 is 1.96 bits per heavy atom. The summed E-state index contributed by atoms with van der Waals surface area (Å²) in [7, 11) is 0. The monoisotopic (exact) mass is 329 g/mol. The molecular weight excluding hydrogens is 310 g/mol. The number of hydrogen-bond donors (Lipinski definition) is 1. The minimum atomic E-state index is -0.885. The van der Waals surface area contributed by atoms with Crippen LogP contribution >= 0.6 is 11.3 Å². The number of carbonyl (C=O) groups is 2. The molecule has 4 nitrogen and oxygen atoms in total. The lowest BCUT2D eigenvalue weighted by Gasteiger charge is -2.37. The van der Waals surface area contributed by atoms with Crippen molar-refractivity contribution >= 4 is 23.2 Å². The molecule has 0 saturated heterocycles. The van der Waals surface area contributed by atoms with Crippen molar-refractivity contribution in [3.8, 4) is 0 Å². The number of carboxylic acid groups (broad SMARTS) is 1. The minimum Gasteiger partial charge on any atom is -0.481 e. The summed E-state index contributed by atoms with van der Waals surface area (Å²) < 4.78 is 0. The van der Waals surface area contributed by atoms with E-state index in [4.69, 9.17) is 0 Å². The van der Waals surface area contributed by atoms with E-state index in [1.807, 2.05) is 55.6 Å². The van der Waals surface area contributed by atoms with Gasteiger partial charge in [0.2, 0.25) is 5.91 Å². The standard InChI is InChI=1S/C18H19NO3S/c1-18(2,15-8-5-9-23-15)17(22)19-10-12-6-3-4-7-13(12)14(11-19)16(20)21/h3-9,14H,10-11H2,1-2H3,(H,20,21). The van der Waals surface area contributed by atoms with Gasteiger partial charge in [-0.3, -0.25) is 9.59 Å². The van der Waals surface area contributed by atoms with Gasteiger partial charge in [-0.2, -0.15) is 0 Å². The molecule has 0 bridgehead atoms. The van der Waals surface area contributed by atoms with Crippen LogP contribution in [0.15, 0.2) is 41.8 Å². The zero-order valence-electron chi connectivity index (χ0n) is 13.2. The van der Waals surface area contributed by atoms with Crippen LogP contribution in [0.1, 0.15) is 35.8 Å². The van der Waals surface area contributed by atoms with Crippen LogP contribution < -0.4 is 0 Å². The molecule has 0 fully saturated rings. The van der Waals surface area contributed by atoms with E-state index in [-0.39, 0.29) is 12.5 Å². The van der Waals surface area contributed by atoms with Crippen LogP contribution in [0.5, 0.6) is 0 Å². The second-order valence-electron chi connectivity index (χ2n) is 6.38. The quantitative estimate of drug-likeness (QED) is 0.940. The summed E-state index contributed by atoms with van der Waals surface area (Å²) >= 11 is 1.55. The molecule has 1 atom stereocenters. The predicted octanol–water partition coefficient (Wildman–Crippen LogP) is 3.24. The van der Waals surface area contributed by atoms with Crippen molar-refractivity contribution in [1.82, 2.24) is 4.90 Å². The summed E-state index contributed by atoms with van der Waals surface area (Å²) in [4.78, 5) is 27.3. The van der Waals surface area contributed by atoms with Crippen molar-refractivity contribution in [3.63, 3.8) is 0 Å². The Bertz CT molecular complexity index is 736. The van der Waals surface area contributed by atoms with Gasteiger partial charge in [0.1, 0.15) is 0 Å². The van der Waals surface area contributed by atoms with Crippen LogP contribution in [0.4, 0.5) is 0 Å². The van der Waals surface area contributed by atoms with Gasteiger partial charge in [0.15, 0.2) is 0 Å². The van der Waals surface area contributed by atoms with E-state index in [0.29, 0.717) is 6.54 Å². The van der Waals surface area contributed by atoms with E-state index in [1.165, 1.54) is 0 Å². The van der Waals surface area contributed by atoms with E-state index in [0.717, 1.165) is 16.0 Å². The van der Waals surface area contributed by atoms with Crippen molar-refractivity contribution in [2.45, 2.75) is 31.7 Å². The SMILES string of the molecule is CC(C)(C(=O)N1Cc2ccccc2C(C(=O)O)C1)c1cccs1. The Morgan fingerprint density at radius 1 is 1.22 bits per heavy atom. The fraction of sp³-hybridized carbons (Fsp3) is 0.333. The van der Waals surface area contributed by atoms with E-state index in [9.17, 15) is 14.7 Å². The summed E-state index contributed by atoms with van der Waals surface area (Å²) in [5, 5.41) is 11.5. The van der Waals surface area contributed by atoms with Crippen LogP contribution in [0.25, 0.3) is 0 Å². The topological polar surface area (TPSA) is 57.6 Å². The summed E-state index contributed by atoms with van der Waals surface area (Å²) in [5.74, 6) is -1.58. The normalized spacial score (nSPS) is 17.7. The molecule has 1 aliphatic heterocycles. The number of amides is 1. The molecule has 0 saturated carbocycles. The molecule has 1 N–H and O–H groups in total. The highest BCUT2D eigenvalue weighted by atomic mass is 32.1. The Balaban J connectivity index is 1.93. The van der Waals surface area contributed by atoms with Crippen LogP contribution in [-0.2, 0) is 21.5 Å². The van der Waals surface area contributed by atoms with Gasteiger partial charge in [-0.15, -0.1) is 11.3 Å². The van der Waals surface area contributed by atoms with Gasteiger partial charge in [0, 0.05) is 18.0 Å². The number of benzene rings is 1. The maximum atomic E-state index is 13.0. The predicted molar refractivity (Wildman–Crippen MR) is 89.6 cm³/mol. The minimum absolute atomic E-state index is 0.0271. The summed E-state index contributed by atoms with van der Waals surface area (Å²) in [5.41, 5.74) is 1.09. The van der Waals surface area contributed by atoms with Crippen LogP contribution in [0, 0.1) is 0 Å². The number of fused-ring (bicyclic) bond motifs is 1. The van der Waals surface area contributed by atoms with Crippen molar-refractivity contribution in [2.75, 3.05) is 6.54 Å². The molecular formula is C18H19NO3S. The summed E-state index contributed by atoms with van der Waals surface area (Å²) in [6, 6.07) is 11.4. The van der Waals surface area contributed by atoms with Crippen molar-refractivity contribution < 1.29 is 14.7 Å². The molecule has 5 heteroatoms. The van der Waals surface area contributed by atoms with Crippen LogP contribution in [-0.4, -0.2) is 28.4 Å². The molecule has 0 radical (unpaired) electrons. The van der Waals surface area contributed by atoms with Crippen molar-refractivity contribution in [2.24, 2.45) is 0 Å². The lowest BCUT2D eigenvalue weighted by Crippen LogP contribution is -2.47. The van der Waals surface area contributed by atoms with Crippen LogP contribution in [0.2, 0.25) is 0 Å². The van der Waals surface area contributed by atoms with Crippen LogP contribution in [0.3, 0.4) is 0 Å². The van der Waals surface area contributed by atoms with E-state index >= 15 is 0 Å². The summed E-state index contributed by atoms with van der Waals surface area (Å²) in [6.07, 6.45) is 0. The summed E-state index contributed by atoms with van der Waals surface area (Å²) in [6.45, 7) is 4.49. The van der Waals surface area contributed by atoms with Crippen molar-refractivity contribution in [3.05, 3.63) is 57.8 Å². The lowest BCUT2D eigenvalue weighted by molar-refractivity contribution is -0.143. The molecule has 1 aromatic heterocycles. The first-order chi connectivity index (χ1) is 10.9. The number of aliphatic carboxylic acids is 1. The fourth-order valence-corrected chi connectivity index (χ4v) is 3.95. The smallest absolute Gasteiger partial charge is 0.312 e. The second kappa shape index (κ2) is 5.81. The molecule has 1 aliphatic rings. The van der Waals surface area contributed by atoms with Gasteiger partial charge >= 0.3 is 5.97 Å². The lowest BCUT2D eigenvalue weighted by atomic mass is 9.85. The largest absolute Gasteiger partial charge is 0.481 e. The van der Waals surface area contributed by atoms with Gasteiger partial charge in [-0.25, -0.2) is 0 Å². The number of nitrogens with zero attached hydrogens (tertiary/aromatic N) is 1. The molecule has 1 amide bonds. The molecule has 1 unspecified atom stereocenters. The maximum Gasteiger partial charge on any atom is 0.312 e. The van der Waals surface area contributed by atoms with E-state index in [1.54, 1.807) is 16.2 Å². The number of carbonyl (C=O) groups excluding carboxylic acids is 1. The molecule has 2 heterocycles. The Hall–Kier alpha value is -2.14. The fourth-order valence-electron chi connectivity index (χ4n) is 3.11. The first kappa shape index (κ1) is 15.7. The molecule has 3 rings (SSSR count). The van der Waals surface area contributed by atoms with Gasteiger partial charge in [-0.05, 0) is 36.4 Å². The molecule has 1 aromatic carbocycles. The molecule has 2 aromatic rings. The van der Waals surface area contributed by atoms with E-state index in [2.05, 4.69) is 0 Å². The molecule has 0 aliphatic carbocycles. The zero-order valence-corrected chi connectivity index (χ0v) is 14.0. The molecule has 120 valence electrons. The molecule has 0 spiro atoms. The van der Waals surface area contributed by atoms with Gasteiger partial charge in [0.25, 0.3) is 0 Å². The molecule has 23 heavy (non-hydrogen) atoms. The Morgan fingerprint density at radius 3 is 2.61 bits per heavy atom. The highest BCUT2D eigenvalue weighted by molar-refractivity contribution is 7.10. The Labute approximate surface area is 139 Å². The highest BCUT2D eigenvalue weighted by Crippen LogP contribution is 2.34. The third-order valence-corrected chi connectivity index (χ3v) is 5.65. The van der Waals surface area contributed by atoms with Gasteiger partial charge in [-0.1, -0.05) is 30.3 Å². The average molecular weight is 329 g/mol. The maximum absolute atomic E-state index is 13.0. The van der Waals surface area contributed by atoms with Gasteiger partial charge < -0.3 is 10.0 Å². The number of hydrogen-bond acceptors (Lipinski definition) is 3. The second-order valence-corrected chi connectivity index (χ2v) is 7.33. The number of thiophene rings is 1. The van der Waals surface area contributed by atoms with Crippen molar-refractivity contribution in [1.29, 1.82) is 0 Å². The Kier molecular flexibility index (Phi) is 3.98. The number of rotatable bonds is 3. The van der Waals surface area contributed by atoms with Gasteiger partial charge in [0.05, 0.1) is 11.3 Å². The average Bonchev–Trinajstić information content (AvgIpc) is 3.08. The van der Waals surface area contributed by atoms with E-state index < -0.39 is 17.3 Å². The number of carboxylic acids is 1. The first-order valence-electron chi connectivity index (χ1n) is 7.55. The zero-order chi connectivity index (χ0) is 16.6. The third-order valence-electron chi connectivity index (χ3n) is 4.45. The first-order valence-corrected chi connectivity index (χ1v) is 8.43. The third kappa shape index (κ3) is 2.77. The highest BCUT2D eigenvalue weighted by Gasteiger charge is 2.39.